The van der Waals surface area contributed by atoms with E-state index in [2.05, 4.69) is 6.92 Å². The molecular formula is C15H28O4. The summed E-state index contributed by atoms with van der Waals surface area (Å²) < 4.78 is 0. The lowest BCUT2D eigenvalue weighted by Gasteiger charge is -2.00. The number of hydrogen-bond donors (Lipinski definition) is 2. The van der Waals surface area contributed by atoms with Gasteiger partial charge in [-0.3, -0.25) is 9.59 Å². The van der Waals surface area contributed by atoms with E-state index in [1.165, 1.54) is 51.4 Å². The van der Waals surface area contributed by atoms with Gasteiger partial charge in [0.1, 0.15) is 0 Å². The zero-order chi connectivity index (χ0) is 14.7. The van der Waals surface area contributed by atoms with Gasteiger partial charge in [0.15, 0.2) is 0 Å². The third-order valence-electron chi connectivity index (χ3n) is 3.43. The maximum absolute atomic E-state index is 10.4. The van der Waals surface area contributed by atoms with Crippen molar-refractivity contribution in [3.8, 4) is 0 Å². The highest BCUT2D eigenvalue weighted by molar-refractivity contribution is 5.67. The second-order valence-electron chi connectivity index (χ2n) is 5.43. The van der Waals surface area contributed by atoms with Crippen LogP contribution in [0, 0.1) is 11.8 Å². The zero-order valence-electron chi connectivity index (χ0n) is 12.2. The Bertz CT molecular complexity index is 259. The number of aliphatic carboxylic acids is 2. The minimum atomic E-state index is -0.833. The first-order valence-electron chi connectivity index (χ1n) is 7.38. The van der Waals surface area contributed by atoms with E-state index in [1.807, 2.05) is 0 Å². The summed E-state index contributed by atoms with van der Waals surface area (Å²) in [6.07, 6.45) is 10.9. The number of carboxylic acids is 2. The zero-order valence-corrected chi connectivity index (χ0v) is 12.2. The number of hydrogen-bond acceptors (Lipinski definition) is 2. The van der Waals surface area contributed by atoms with Crippen LogP contribution in [-0.4, -0.2) is 22.2 Å². The SMILES string of the molecule is CC(=O)O.CCCCCCCCC1CC1CC(=O)O. The summed E-state index contributed by atoms with van der Waals surface area (Å²) >= 11 is 0. The third kappa shape index (κ3) is 13.2. The Balaban J connectivity index is 0.000000711. The molecular weight excluding hydrogens is 244 g/mol. The van der Waals surface area contributed by atoms with Gasteiger partial charge >= 0.3 is 5.97 Å². The number of carbonyl (C=O) groups is 2. The summed E-state index contributed by atoms with van der Waals surface area (Å²) in [5.74, 6) is -0.198. The second kappa shape index (κ2) is 10.8. The molecule has 1 saturated carbocycles. The summed E-state index contributed by atoms with van der Waals surface area (Å²) in [5.41, 5.74) is 0. The largest absolute Gasteiger partial charge is 0.481 e. The maximum atomic E-state index is 10.4. The Morgan fingerprint density at radius 3 is 2.05 bits per heavy atom. The first-order chi connectivity index (χ1) is 8.97. The van der Waals surface area contributed by atoms with Crippen LogP contribution in [0.25, 0.3) is 0 Å². The number of unbranched alkanes of at least 4 members (excludes halogenated alkanes) is 5. The van der Waals surface area contributed by atoms with Crippen LogP contribution in [0.1, 0.15) is 71.6 Å². The van der Waals surface area contributed by atoms with Crippen molar-refractivity contribution < 1.29 is 19.8 Å². The maximum Gasteiger partial charge on any atom is 0.303 e. The molecule has 0 spiro atoms. The molecule has 19 heavy (non-hydrogen) atoms. The highest BCUT2D eigenvalue weighted by Gasteiger charge is 2.37. The van der Waals surface area contributed by atoms with Crippen molar-refractivity contribution in [2.75, 3.05) is 0 Å². The minimum absolute atomic E-state index is 0.403. The fourth-order valence-corrected chi connectivity index (χ4v) is 2.33. The van der Waals surface area contributed by atoms with Gasteiger partial charge in [-0.2, -0.15) is 0 Å². The smallest absolute Gasteiger partial charge is 0.303 e. The van der Waals surface area contributed by atoms with E-state index >= 15 is 0 Å². The van der Waals surface area contributed by atoms with E-state index in [0.29, 0.717) is 12.3 Å². The topological polar surface area (TPSA) is 74.6 Å². The molecule has 0 bridgehead atoms. The van der Waals surface area contributed by atoms with Crippen molar-refractivity contribution in [3.05, 3.63) is 0 Å². The molecule has 0 aromatic rings. The molecule has 0 saturated heterocycles. The van der Waals surface area contributed by atoms with Gasteiger partial charge in [-0.15, -0.1) is 0 Å². The fourth-order valence-electron chi connectivity index (χ4n) is 2.33. The van der Waals surface area contributed by atoms with Crippen molar-refractivity contribution in [2.45, 2.75) is 71.6 Å². The van der Waals surface area contributed by atoms with Gasteiger partial charge in [0.05, 0.1) is 0 Å². The van der Waals surface area contributed by atoms with Crippen molar-refractivity contribution in [3.63, 3.8) is 0 Å². The minimum Gasteiger partial charge on any atom is -0.481 e. The molecule has 0 aromatic heterocycles. The van der Waals surface area contributed by atoms with E-state index in [9.17, 15) is 4.79 Å². The third-order valence-corrected chi connectivity index (χ3v) is 3.43. The molecule has 2 unspecified atom stereocenters. The Morgan fingerprint density at radius 1 is 1.00 bits per heavy atom. The molecule has 0 radical (unpaired) electrons. The molecule has 1 fully saturated rings. The van der Waals surface area contributed by atoms with Crippen molar-refractivity contribution in [1.82, 2.24) is 0 Å². The molecule has 4 heteroatoms. The van der Waals surface area contributed by atoms with Crippen molar-refractivity contribution in [2.24, 2.45) is 11.8 Å². The van der Waals surface area contributed by atoms with Gasteiger partial charge in [0.25, 0.3) is 5.97 Å². The molecule has 2 N–H and O–H groups in total. The molecule has 1 rings (SSSR count). The molecule has 4 nitrogen and oxygen atoms in total. The van der Waals surface area contributed by atoms with E-state index in [4.69, 9.17) is 15.0 Å². The number of rotatable bonds is 9. The predicted octanol–water partition coefficient (Wildman–Crippen LogP) is 3.94. The Kier molecular flexibility index (Phi) is 10.2. The highest BCUT2D eigenvalue weighted by atomic mass is 16.4. The van der Waals surface area contributed by atoms with Gasteiger partial charge in [-0.25, -0.2) is 0 Å². The van der Waals surface area contributed by atoms with Gasteiger partial charge in [0, 0.05) is 13.3 Å². The summed E-state index contributed by atoms with van der Waals surface area (Å²) in [7, 11) is 0. The molecule has 0 aliphatic heterocycles. The summed E-state index contributed by atoms with van der Waals surface area (Å²) in [6, 6.07) is 0. The van der Waals surface area contributed by atoms with Crippen molar-refractivity contribution in [1.29, 1.82) is 0 Å². The van der Waals surface area contributed by atoms with Gasteiger partial charge < -0.3 is 10.2 Å². The van der Waals surface area contributed by atoms with E-state index in [-0.39, 0.29) is 0 Å². The fraction of sp³-hybridized carbons (Fsp3) is 0.867. The average molecular weight is 272 g/mol. The Labute approximate surface area is 116 Å². The van der Waals surface area contributed by atoms with Crippen LogP contribution in [-0.2, 0) is 9.59 Å². The molecule has 0 amide bonds. The monoisotopic (exact) mass is 272 g/mol. The molecule has 0 aromatic carbocycles. The van der Waals surface area contributed by atoms with Crippen molar-refractivity contribution >= 4 is 11.9 Å². The lowest BCUT2D eigenvalue weighted by Crippen LogP contribution is -1.96. The first kappa shape index (κ1) is 17.9. The Morgan fingerprint density at radius 2 is 1.53 bits per heavy atom. The molecule has 1 aliphatic rings. The lowest BCUT2D eigenvalue weighted by molar-refractivity contribution is -0.137. The van der Waals surface area contributed by atoms with Crippen LogP contribution in [0.3, 0.4) is 0 Å². The van der Waals surface area contributed by atoms with Crippen LogP contribution < -0.4 is 0 Å². The van der Waals surface area contributed by atoms with Crippen LogP contribution in [0.2, 0.25) is 0 Å². The summed E-state index contributed by atoms with van der Waals surface area (Å²) in [6.45, 7) is 3.32. The van der Waals surface area contributed by atoms with E-state index in [0.717, 1.165) is 12.8 Å². The number of carboxylic acid groups (broad SMARTS) is 2. The van der Waals surface area contributed by atoms with Gasteiger partial charge in [0.2, 0.25) is 0 Å². The molecule has 0 heterocycles. The second-order valence-corrected chi connectivity index (χ2v) is 5.43. The standard InChI is InChI=1S/C13H24O2.C2H4O2/c1-2-3-4-5-6-7-8-11-9-12(11)10-13(14)15;1-2(3)4/h11-12H,2-10H2,1H3,(H,14,15);1H3,(H,3,4). The lowest BCUT2D eigenvalue weighted by atomic mass is 10.1. The molecule has 2 atom stereocenters. The van der Waals surface area contributed by atoms with Crippen LogP contribution in [0.5, 0.6) is 0 Å². The van der Waals surface area contributed by atoms with Crippen LogP contribution in [0.15, 0.2) is 0 Å². The van der Waals surface area contributed by atoms with Crippen LogP contribution >= 0.6 is 0 Å². The average Bonchev–Trinajstić information content (AvgIpc) is 3.00. The first-order valence-corrected chi connectivity index (χ1v) is 7.38. The normalized spacial score (nSPS) is 20.3. The quantitative estimate of drug-likeness (QED) is 0.623. The molecule has 112 valence electrons. The summed E-state index contributed by atoms with van der Waals surface area (Å²) in [4.78, 5) is 19.4. The predicted molar refractivity (Wildman–Crippen MR) is 75.2 cm³/mol. The van der Waals surface area contributed by atoms with Gasteiger partial charge in [-0.05, 0) is 18.3 Å². The van der Waals surface area contributed by atoms with E-state index in [1.54, 1.807) is 0 Å². The van der Waals surface area contributed by atoms with Crippen LogP contribution in [0.4, 0.5) is 0 Å². The van der Waals surface area contributed by atoms with Gasteiger partial charge in [-0.1, -0.05) is 51.9 Å². The van der Waals surface area contributed by atoms with E-state index < -0.39 is 11.9 Å². The summed E-state index contributed by atoms with van der Waals surface area (Å²) in [5, 5.41) is 16.0. The molecule has 1 aliphatic carbocycles. The Hall–Kier alpha value is -1.06. The highest BCUT2D eigenvalue weighted by Crippen LogP contribution is 2.44.